The molecule has 2 unspecified atom stereocenters. The van der Waals surface area contributed by atoms with Gasteiger partial charge in [0.15, 0.2) is 6.10 Å². The molecule has 6 nitrogen and oxygen atoms in total. The quantitative estimate of drug-likeness (QED) is 0.566. The lowest BCUT2D eigenvalue weighted by Crippen LogP contribution is -2.46. The van der Waals surface area contributed by atoms with E-state index < -0.39 is 12.1 Å². The summed E-state index contributed by atoms with van der Waals surface area (Å²) in [6.07, 6.45) is 4.04. The Morgan fingerprint density at radius 1 is 1.21 bits per heavy atom. The first-order valence-corrected chi connectivity index (χ1v) is 6.85. The smallest absolute Gasteiger partial charge is 0.334 e. The Balaban J connectivity index is 4.07. The Hall–Kier alpha value is -1.30. The minimum absolute atomic E-state index is 0.0374. The number of nitrogens with one attached hydrogen (secondary N) is 2. The minimum atomic E-state index is -1.08. The van der Waals surface area contributed by atoms with E-state index in [4.69, 9.17) is 9.84 Å². The average Bonchev–Trinajstić information content (AvgIpc) is 2.36. The number of methoxy groups -OCH3 is 1. The van der Waals surface area contributed by atoms with E-state index >= 15 is 0 Å². The van der Waals surface area contributed by atoms with Gasteiger partial charge in [0.25, 0.3) is 0 Å². The summed E-state index contributed by atoms with van der Waals surface area (Å²) >= 11 is 0. The van der Waals surface area contributed by atoms with E-state index in [-0.39, 0.29) is 18.6 Å². The van der Waals surface area contributed by atoms with Crippen molar-refractivity contribution in [2.75, 3.05) is 13.7 Å². The third-order valence-corrected chi connectivity index (χ3v) is 2.89. The predicted octanol–water partition coefficient (Wildman–Crippen LogP) is 1.74. The number of carbonyl (C=O) groups is 2. The maximum Gasteiger partial charge on any atom is 0.334 e. The third-order valence-electron chi connectivity index (χ3n) is 2.89. The zero-order valence-electron chi connectivity index (χ0n) is 12.1. The molecular weight excluding hydrogens is 248 g/mol. The van der Waals surface area contributed by atoms with E-state index in [9.17, 15) is 9.59 Å². The van der Waals surface area contributed by atoms with Crippen molar-refractivity contribution in [2.45, 2.75) is 58.1 Å². The van der Waals surface area contributed by atoms with Crippen molar-refractivity contribution in [2.24, 2.45) is 0 Å². The van der Waals surface area contributed by atoms with Gasteiger partial charge in [-0.1, -0.05) is 33.1 Å². The van der Waals surface area contributed by atoms with Gasteiger partial charge in [0.1, 0.15) is 0 Å². The van der Waals surface area contributed by atoms with E-state index in [1.165, 1.54) is 7.11 Å². The van der Waals surface area contributed by atoms with E-state index in [1.807, 2.05) is 0 Å². The molecule has 19 heavy (non-hydrogen) atoms. The van der Waals surface area contributed by atoms with Gasteiger partial charge in [-0.25, -0.2) is 9.59 Å². The standard InChI is InChI=1S/C13H26N2O4/c1-4-6-8-10(7-5-2)15-13(18)14-9-11(19-3)12(16)17/h10-11H,4-9H2,1-3H3,(H,16,17)(H2,14,15,18). The van der Waals surface area contributed by atoms with Gasteiger partial charge in [0, 0.05) is 13.2 Å². The average molecular weight is 274 g/mol. The Bertz CT molecular complexity index is 271. The molecule has 0 radical (unpaired) electrons. The van der Waals surface area contributed by atoms with Crippen molar-refractivity contribution < 1.29 is 19.4 Å². The Morgan fingerprint density at radius 3 is 2.37 bits per heavy atom. The van der Waals surface area contributed by atoms with Crippen LogP contribution in [0.2, 0.25) is 0 Å². The summed E-state index contributed by atoms with van der Waals surface area (Å²) in [5.74, 6) is -1.08. The molecule has 6 heteroatoms. The fraction of sp³-hybridized carbons (Fsp3) is 0.846. The number of aliphatic carboxylic acids is 1. The normalized spacial score (nSPS) is 13.6. The number of amides is 2. The second-order valence-electron chi connectivity index (χ2n) is 4.54. The summed E-state index contributed by atoms with van der Waals surface area (Å²) < 4.78 is 4.74. The van der Waals surface area contributed by atoms with Gasteiger partial charge in [-0.2, -0.15) is 0 Å². The van der Waals surface area contributed by atoms with E-state index in [0.29, 0.717) is 0 Å². The van der Waals surface area contributed by atoms with Gasteiger partial charge < -0.3 is 20.5 Å². The number of hydrogen-bond donors (Lipinski definition) is 3. The first kappa shape index (κ1) is 17.7. The molecule has 0 saturated carbocycles. The van der Waals surface area contributed by atoms with Crippen molar-refractivity contribution in [1.29, 1.82) is 0 Å². The fourth-order valence-electron chi connectivity index (χ4n) is 1.78. The summed E-state index contributed by atoms with van der Waals surface area (Å²) in [6.45, 7) is 4.15. The van der Waals surface area contributed by atoms with E-state index in [1.54, 1.807) is 0 Å². The van der Waals surface area contributed by atoms with Crippen LogP contribution in [-0.4, -0.2) is 42.9 Å². The first-order chi connectivity index (χ1) is 9.04. The highest BCUT2D eigenvalue weighted by molar-refractivity contribution is 5.77. The highest BCUT2D eigenvalue weighted by Gasteiger charge is 2.18. The van der Waals surface area contributed by atoms with Crippen molar-refractivity contribution in [3.63, 3.8) is 0 Å². The highest BCUT2D eigenvalue weighted by atomic mass is 16.5. The molecule has 3 N–H and O–H groups in total. The van der Waals surface area contributed by atoms with Gasteiger partial charge >= 0.3 is 12.0 Å². The topological polar surface area (TPSA) is 87.7 Å². The number of carbonyl (C=O) groups excluding carboxylic acids is 1. The van der Waals surface area contributed by atoms with Crippen LogP contribution in [0.15, 0.2) is 0 Å². The Labute approximate surface area is 114 Å². The Kier molecular flexibility index (Phi) is 9.88. The van der Waals surface area contributed by atoms with Crippen LogP contribution in [0.1, 0.15) is 46.0 Å². The molecule has 0 bridgehead atoms. The molecule has 0 aliphatic heterocycles. The van der Waals surface area contributed by atoms with Gasteiger partial charge in [-0.15, -0.1) is 0 Å². The maximum absolute atomic E-state index is 11.7. The van der Waals surface area contributed by atoms with Crippen LogP contribution in [0.3, 0.4) is 0 Å². The first-order valence-electron chi connectivity index (χ1n) is 6.85. The van der Waals surface area contributed by atoms with Crippen molar-refractivity contribution in [3.8, 4) is 0 Å². The summed E-state index contributed by atoms with van der Waals surface area (Å²) in [5.41, 5.74) is 0. The molecule has 0 aromatic heterocycles. The number of hydrogen-bond acceptors (Lipinski definition) is 3. The van der Waals surface area contributed by atoms with Crippen molar-refractivity contribution in [1.82, 2.24) is 10.6 Å². The van der Waals surface area contributed by atoms with Crippen LogP contribution in [-0.2, 0) is 9.53 Å². The summed E-state index contributed by atoms with van der Waals surface area (Å²) in [6, 6.07) is -0.186. The molecule has 0 rings (SSSR count). The second-order valence-corrected chi connectivity index (χ2v) is 4.54. The zero-order valence-corrected chi connectivity index (χ0v) is 12.1. The SMILES string of the molecule is CCCCC(CCC)NC(=O)NCC(OC)C(=O)O. The molecule has 0 aromatic rings. The molecule has 0 saturated heterocycles. The monoisotopic (exact) mass is 274 g/mol. The number of unbranched alkanes of at least 4 members (excludes halogenated alkanes) is 1. The lowest BCUT2D eigenvalue weighted by molar-refractivity contribution is -0.147. The van der Waals surface area contributed by atoms with Gasteiger partial charge in [0.2, 0.25) is 0 Å². The summed E-state index contributed by atoms with van der Waals surface area (Å²) in [7, 11) is 1.31. The molecule has 2 amide bonds. The van der Waals surface area contributed by atoms with Crippen LogP contribution >= 0.6 is 0 Å². The van der Waals surface area contributed by atoms with Gasteiger partial charge in [-0.05, 0) is 12.8 Å². The molecule has 0 aromatic carbocycles. The van der Waals surface area contributed by atoms with Crippen molar-refractivity contribution in [3.05, 3.63) is 0 Å². The molecule has 2 atom stereocenters. The minimum Gasteiger partial charge on any atom is -0.479 e. The van der Waals surface area contributed by atoms with E-state index in [2.05, 4.69) is 24.5 Å². The fourth-order valence-corrected chi connectivity index (χ4v) is 1.78. The molecule has 0 aliphatic carbocycles. The largest absolute Gasteiger partial charge is 0.479 e. The highest BCUT2D eigenvalue weighted by Crippen LogP contribution is 2.06. The molecule has 0 aliphatic rings. The van der Waals surface area contributed by atoms with Crippen LogP contribution in [0, 0.1) is 0 Å². The molecule has 0 spiro atoms. The van der Waals surface area contributed by atoms with Gasteiger partial charge in [-0.3, -0.25) is 0 Å². The lowest BCUT2D eigenvalue weighted by atomic mass is 10.1. The molecule has 112 valence electrons. The van der Waals surface area contributed by atoms with Crippen LogP contribution in [0.25, 0.3) is 0 Å². The molecule has 0 fully saturated rings. The maximum atomic E-state index is 11.7. The number of ether oxygens (including phenoxy) is 1. The number of carboxylic acid groups (broad SMARTS) is 1. The number of rotatable bonds is 10. The van der Waals surface area contributed by atoms with Crippen LogP contribution in [0.5, 0.6) is 0 Å². The number of urea groups is 1. The molecule has 0 heterocycles. The van der Waals surface area contributed by atoms with Gasteiger partial charge in [0.05, 0.1) is 6.54 Å². The molecular formula is C13H26N2O4. The van der Waals surface area contributed by atoms with Crippen LogP contribution in [0.4, 0.5) is 4.79 Å². The second kappa shape index (κ2) is 10.6. The van der Waals surface area contributed by atoms with E-state index in [0.717, 1.165) is 32.1 Å². The van der Waals surface area contributed by atoms with Crippen LogP contribution < -0.4 is 10.6 Å². The number of carboxylic acids is 1. The Morgan fingerprint density at radius 2 is 1.89 bits per heavy atom. The third kappa shape index (κ3) is 8.42. The summed E-state index contributed by atoms with van der Waals surface area (Å²) in [5, 5.41) is 14.2. The predicted molar refractivity (Wildman–Crippen MR) is 73.2 cm³/mol. The lowest BCUT2D eigenvalue weighted by Gasteiger charge is -2.19. The van der Waals surface area contributed by atoms with Crippen molar-refractivity contribution >= 4 is 12.0 Å². The zero-order chi connectivity index (χ0) is 14.7. The summed E-state index contributed by atoms with van der Waals surface area (Å²) in [4.78, 5) is 22.4.